The monoisotopic (exact) mass is 338 g/mol. The molecule has 3 rings (SSSR count). The molecule has 2 N–H and O–H groups in total. The molecule has 0 radical (unpaired) electrons. The molecule has 0 spiro atoms. The van der Waals surface area contributed by atoms with Gasteiger partial charge in [0.1, 0.15) is 11.5 Å². The Kier molecular flexibility index (Phi) is 5.74. The van der Waals surface area contributed by atoms with E-state index in [1.54, 1.807) is 25.1 Å². The van der Waals surface area contributed by atoms with Crippen molar-refractivity contribution in [1.82, 2.24) is 20.4 Å². The summed E-state index contributed by atoms with van der Waals surface area (Å²) in [5, 5.41) is 10.4. The van der Waals surface area contributed by atoms with E-state index in [1.165, 1.54) is 16.9 Å². The number of aromatic nitrogens is 2. The van der Waals surface area contributed by atoms with Crippen LogP contribution in [0.1, 0.15) is 28.9 Å². The first kappa shape index (κ1) is 17.4. The van der Waals surface area contributed by atoms with Gasteiger partial charge in [0, 0.05) is 12.6 Å². The van der Waals surface area contributed by atoms with Crippen LogP contribution in [0.4, 0.5) is 4.39 Å². The maximum Gasteiger partial charge on any atom is 0.254 e. The van der Waals surface area contributed by atoms with E-state index in [0.717, 1.165) is 19.4 Å². The summed E-state index contributed by atoms with van der Waals surface area (Å²) in [5.74, 6) is -0.537. The van der Waals surface area contributed by atoms with Crippen LogP contribution in [0.5, 0.6) is 0 Å². The van der Waals surface area contributed by atoms with Crippen LogP contribution < -0.4 is 10.6 Å². The molecule has 0 bridgehead atoms. The molecule has 1 fully saturated rings. The zero-order valence-electron chi connectivity index (χ0n) is 12.9. The van der Waals surface area contributed by atoms with Crippen molar-refractivity contribution in [2.45, 2.75) is 25.8 Å². The van der Waals surface area contributed by atoms with Crippen LogP contribution in [0.2, 0.25) is 0 Å². The third kappa shape index (κ3) is 3.71. The Morgan fingerprint density at radius 3 is 2.96 bits per heavy atom. The molecule has 2 aromatic rings. The molecule has 23 heavy (non-hydrogen) atoms. The highest BCUT2D eigenvalue weighted by atomic mass is 35.5. The van der Waals surface area contributed by atoms with Gasteiger partial charge in [-0.05, 0) is 38.4 Å². The molecule has 124 valence electrons. The fourth-order valence-corrected chi connectivity index (χ4v) is 2.74. The summed E-state index contributed by atoms with van der Waals surface area (Å²) in [7, 11) is 0. The van der Waals surface area contributed by atoms with Crippen molar-refractivity contribution in [3.63, 3.8) is 0 Å². The molecule has 1 amide bonds. The van der Waals surface area contributed by atoms with Gasteiger partial charge in [0.15, 0.2) is 0 Å². The summed E-state index contributed by atoms with van der Waals surface area (Å²) in [6.07, 6.45) is 3.71. The van der Waals surface area contributed by atoms with E-state index in [-0.39, 0.29) is 24.1 Å². The average molecular weight is 339 g/mol. The van der Waals surface area contributed by atoms with Gasteiger partial charge < -0.3 is 10.6 Å². The van der Waals surface area contributed by atoms with Gasteiger partial charge in [0.05, 0.1) is 17.5 Å². The van der Waals surface area contributed by atoms with Gasteiger partial charge in [-0.25, -0.2) is 9.07 Å². The quantitative estimate of drug-likeness (QED) is 0.898. The third-order valence-corrected chi connectivity index (χ3v) is 4.01. The zero-order chi connectivity index (χ0) is 15.5. The van der Waals surface area contributed by atoms with Crippen LogP contribution in [0.25, 0.3) is 5.69 Å². The fraction of sp³-hybridized carbons (Fsp3) is 0.375. The number of halogens is 2. The van der Waals surface area contributed by atoms with E-state index in [1.807, 2.05) is 0 Å². The van der Waals surface area contributed by atoms with Gasteiger partial charge in [-0.2, -0.15) is 5.10 Å². The van der Waals surface area contributed by atoms with E-state index in [2.05, 4.69) is 15.7 Å². The van der Waals surface area contributed by atoms with Crippen LogP contribution in [-0.4, -0.2) is 34.8 Å². The predicted molar refractivity (Wildman–Crippen MR) is 88.9 cm³/mol. The van der Waals surface area contributed by atoms with Crippen molar-refractivity contribution in [3.05, 3.63) is 47.5 Å². The fourth-order valence-electron chi connectivity index (χ4n) is 2.74. The molecule has 7 heteroatoms. The first-order chi connectivity index (χ1) is 10.7. The number of hydrogen-bond donors (Lipinski definition) is 2. The summed E-state index contributed by atoms with van der Waals surface area (Å²) in [6, 6.07) is 6.72. The Morgan fingerprint density at radius 1 is 1.48 bits per heavy atom. The van der Waals surface area contributed by atoms with Crippen molar-refractivity contribution < 1.29 is 9.18 Å². The predicted octanol–water partition coefficient (Wildman–Crippen LogP) is 2.22. The van der Waals surface area contributed by atoms with Crippen molar-refractivity contribution in [2.24, 2.45) is 0 Å². The Labute approximate surface area is 140 Å². The standard InChI is InChI=1S/C16H19FN4O.ClH/c1-11-13(16(22)19-9-12-5-4-8-18-12)10-20-21(11)15-7-3-2-6-14(15)17;/h2-3,6-7,10,12,18H,4-5,8-9H2,1H3,(H,19,22);1H. The Hall–Kier alpha value is -1.92. The first-order valence-corrected chi connectivity index (χ1v) is 7.48. The smallest absolute Gasteiger partial charge is 0.254 e. The van der Waals surface area contributed by atoms with Crippen LogP contribution >= 0.6 is 12.4 Å². The van der Waals surface area contributed by atoms with E-state index in [4.69, 9.17) is 0 Å². The van der Waals surface area contributed by atoms with E-state index >= 15 is 0 Å². The Bertz CT molecular complexity index is 682. The molecule has 0 saturated carbocycles. The van der Waals surface area contributed by atoms with E-state index in [9.17, 15) is 9.18 Å². The van der Waals surface area contributed by atoms with E-state index in [0.29, 0.717) is 29.5 Å². The molecule has 1 aliphatic rings. The van der Waals surface area contributed by atoms with Gasteiger partial charge in [-0.3, -0.25) is 4.79 Å². The average Bonchev–Trinajstić information content (AvgIpc) is 3.15. The zero-order valence-corrected chi connectivity index (χ0v) is 13.7. The number of nitrogens with zero attached hydrogens (tertiary/aromatic N) is 2. The van der Waals surface area contributed by atoms with Crippen molar-refractivity contribution in [3.8, 4) is 5.69 Å². The van der Waals surface area contributed by atoms with Crippen LogP contribution in [-0.2, 0) is 0 Å². The second-order valence-corrected chi connectivity index (χ2v) is 5.51. The second-order valence-electron chi connectivity index (χ2n) is 5.51. The first-order valence-electron chi connectivity index (χ1n) is 7.48. The molecule has 1 atom stereocenters. The van der Waals surface area contributed by atoms with Gasteiger partial charge in [-0.1, -0.05) is 12.1 Å². The number of carbonyl (C=O) groups is 1. The Morgan fingerprint density at radius 2 is 2.26 bits per heavy atom. The minimum atomic E-state index is -0.365. The summed E-state index contributed by atoms with van der Waals surface area (Å²) in [6.45, 7) is 3.37. The summed E-state index contributed by atoms with van der Waals surface area (Å²) in [5.41, 5.74) is 1.44. The molecule has 1 saturated heterocycles. The number of carbonyl (C=O) groups excluding carboxylic acids is 1. The minimum absolute atomic E-state index is 0. The molecular weight excluding hydrogens is 319 g/mol. The molecule has 2 heterocycles. The minimum Gasteiger partial charge on any atom is -0.350 e. The lowest BCUT2D eigenvalue weighted by Crippen LogP contribution is -2.37. The largest absolute Gasteiger partial charge is 0.350 e. The lowest BCUT2D eigenvalue weighted by Gasteiger charge is -2.11. The summed E-state index contributed by atoms with van der Waals surface area (Å²) < 4.78 is 15.3. The lowest BCUT2D eigenvalue weighted by molar-refractivity contribution is 0.0949. The second kappa shape index (κ2) is 7.57. The van der Waals surface area contributed by atoms with E-state index < -0.39 is 0 Å². The van der Waals surface area contributed by atoms with Crippen molar-refractivity contribution in [1.29, 1.82) is 0 Å². The van der Waals surface area contributed by atoms with Gasteiger partial charge in [0.2, 0.25) is 0 Å². The number of nitrogens with one attached hydrogen (secondary N) is 2. The molecule has 0 aliphatic carbocycles. The number of benzene rings is 1. The van der Waals surface area contributed by atoms with Crippen LogP contribution in [0.15, 0.2) is 30.5 Å². The topological polar surface area (TPSA) is 59.0 Å². The van der Waals surface area contributed by atoms with Crippen LogP contribution in [0.3, 0.4) is 0 Å². The third-order valence-electron chi connectivity index (χ3n) is 4.01. The maximum absolute atomic E-state index is 13.8. The molecule has 1 aliphatic heterocycles. The highest BCUT2D eigenvalue weighted by Gasteiger charge is 2.19. The number of rotatable bonds is 4. The molecule has 1 aromatic heterocycles. The normalized spacial score (nSPS) is 16.9. The number of para-hydroxylation sites is 1. The summed E-state index contributed by atoms with van der Waals surface area (Å²) in [4.78, 5) is 12.3. The number of amides is 1. The van der Waals surface area contributed by atoms with Crippen LogP contribution in [0, 0.1) is 12.7 Å². The van der Waals surface area contributed by atoms with Crippen molar-refractivity contribution >= 4 is 18.3 Å². The van der Waals surface area contributed by atoms with Gasteiger partial charge in [0.25, 0.3) is 5.91 Å². The van der Waals surface area contributed by atoms with Gasteiger partial charge >= 0.3 is 0 Å². The van der Waals surface area contributed by atoms with Gasteiger partial charge in [-0.15, -0.1) is 12.4 Å². The highest BCUT2D eigenvalue weighted by Crippen LogP contribution is 2.17. The number of hydrogen-bond acceptors (Lipinski definition) is 3. The molecule has 5 nitrogen and oxygen atoms in total. The SMILES string of the molecule is Cc1c(C(=O)NCC2CCCN2)cnn1-c1ccccc1F.Cl. The molecule has 1 aromatic carbocycles. The molecular formula is C16H20ClFN4O. The van der Waals surface area contributed by atoms with Crippen molar-refractivity contribution in [2.75, 3.05) is 13.1 Å². The lowest BCUT2D eigenvalue weighted by atomic mass is 10.2. The Balaban J connectivity index is 0.00000192. The summed E-state index contributed by atoms with van der Waals surface area (Å²) >= 11 is 0. The highest BCUT2D eigenvalue weighted by molar-refractivity contribution is 5.95. The maximum atomic E-state index is 13.8. The molecule has 1 unspecified atom stereocenters.